The van der Waals surface area contributed by atoms with Gasteiger partial charge in [-0.25, -0.2) is 4.79 Å². The molecule has 7 heteroatoms. The molecule has 2 aliphatic rings. The lowest BCUT2D eigenvalue weighted by Crippen LogP contribution is -2.37. The van der Waals surface area contributed by atoms with E-state index in [4.69, 9.17) is 4.74 Å². The zero-order valence-corrected chi connectivity index (χ0v) is 19.9. The number of benzene rings is 2. The zero-order valence-electron chi connectivity index (χ0n) is 19.0. The second-order valence-corrected chi connectivity index (χ2v) is 10.3. The highest BCUT2D eigenvalue weighted by Crippen LogP contribution is 2.45. The van der Waals surface area contributed by atoms with E-state index >= 15 is 0 Å². The third-order valence-electron chi connectivity index (χ3n) is 7.48. The summed E-state index contributed by atoms with van der Waals surface area (Å²) >= 11 is 1.44. The lowest BCUT2D eigenvalue weighted by atomic mass is 9.73. The van der Waals surface area contributed by atoms with Crippen LogP contribution in [0.2, 0.25) is 0 Å². The van der Waals surface area contributed by atoms with Crippen molar-refractivity contribution in [1.82, 2.24) is 14.9 Å². The second kappa shape index (κ2) is 8.56. The predicted octanol–water partition coefficient (Wildman–Crippen LogP) is 4.14. The number of rotatable bonds is 5. The smallest absolute Gasteiger partial charge is 0.328 e. The molecule has 1 fully saturated rings. The van der Waals surface area contributed by atoms with E-state index in [1.807, 2.05) is 42.5 Å². The van der Waals surface area contributed by atoms with E-state index in [1.54, 1.807) is 7.11 Å². The average molecular weight is 474 g/mol. The Kier molecular flexibility index (Phi) is 5.38. The van der Waals surface area contributed by atoms with E-state index in [0.717, 1.165) is 42.0 Å². The molecule has 0 saturated carbocycles. The number of ether oxygens (including phenoxy) is 1. The lowest BCUT2D eigenvalue weighted by molar-refractivity contribution is 0.371. The fourth-order valence-corrected chi connectivity index (χ4v) is 6.93. The molecule has 6 nitrogen and oxygen atoms in total. The van der Waals surface area contributed by atoms with E-state index in [2.05, 4.69) is 22.4 Å². The number of aromatic nitrogens is 2. The second-order valence-electron chi connectivity index (χ2n) is 9.26. The summed E-state index contributed by atoms with van der Waals surface area (Å²) in [5, 5.41) is 3.68. The summed E-state index contributed by atoms with van der Waals surface area (Å²) in [6, 6.07) is 18.4. The van der Waals surface area contributed by atoms with Gasteiger partial charge in [0.25, 0.3) is 5.56 Å². The first-order valence-corrected chi connectivity index (χ1v) is 12.7. The van der Waals surface area contributed by atoms with Crippen LogP contribution >= 0.6 is 11.3 Å². The Morgan fingerprint density at radius 2 is 1.97 bits per heavy atom. The van der Waals surface area contributed by atoms with Crippen molar-refractivity contribution in [3.8, 4) is 16.2 Å². The van der Waals surface area contributed by atoms with Crippen LogP contribution in [0, 0.1) is 5.92 Å². The van der Waals surface area contributed by atoms with Gasteiger partial charge >= 0.3 is 5.69 Å². The summed E-state index contributed by atoms with van der Waals surface area (Å²) < 4.78 is 7.60. The molecule has 1 saturated heterocycles. The predicted molar refractivity (Wildman–Crippen MR) is 136 cm³/mol. The number of H-pyrrole nitrogens is 1. The first-order valence-electron chi connectivity index (χ1n) is 11.9. The fourth-order valence-electron chi connectivity index (χ4n) is 5.86. The molecule has 0 amide bonds. The van der Waals surface area contributed by atoms with Gasteiger partial charge in [0.1, 0.15) is 10.4 Å². The Labute approximate surface area is 201 Å². The van der Waals surface area contributed by atoms with Crippen LogP contribution in [0.1, 0.15) is 29.9 Å². The first kappa shape index (κ1) is 21.4. The number of hydrogen-bond donors (Lipinski definition) is 2. The maximum Gasteiger partial charge on any atom is 0.328 e. The zero-order chi connectivity index (χ0) is 23.2. The quantitative estimate of drug-likeness (QED) is 0.457. The highest BCUT2D eigenvalue weighted by Gasteiger charge is 2.40. The third kappa shape index (κ3) is 3.51. The van der Waals surface area contributed by atoms with Crippen molar-refractivity contribution in [3.05, 3.63) is 86.6 Å². The Morgan fingerprint density at radius 1 is 1.12 bits per heavy atom. The normalized spacial score (nSPS) is 21.4. The van der Waals surface area contributed by atoms with Crippen molar-refractivity contribution >= 4 is 21.6 Å². The lowest BCUT2D eigenvalue weighted by Gasteiger charge is -2.32. The standard InChI is InChI=1S/C27H27N3O3S/c1-33-22-9-5-8-19-18(22)11-10-17-15-28-20(24(17)19)12-13-30-26(31)25-21(29-27(30)32)14-23(34-25)16-6-3-2-4-7-16/h2-9,14,17,20,24,28H,10-13,15H2,1H3,(H,29,32). The van der Waals surface area contributed by atoms with E-state index in [1.165, 1.54) is 27.0 Å². The van der Waals surface area contributed by atoms with Gasteiger partial charge in [-0.05, 0) is 60.5 Å². The van der Waals surface area contributed by atoms with Crippen LogP contribution in [0.4, 0.5) is 0 Å². The minimum atomic E-state index is -0.338. The molecule has 3 heterocycles. The van der Waals surface area contributed by atoms with Gasteiger partial charge in [0.15, 0.2) is 0 Å². The van der Waals surface area contributed by atoms with Gasteiger partial charge in [-0.3, -0.25) is 9.36 Å². The van der Waals surface area contributed by atoms with Gasteiger partial charge in [0.05, 0.1) is 12.6 Å². The van der Waals surface area contributed by atoms with Crippen LogP contribution in [0.5, 0.6) is 5.75 Å². The molecular weight excluding hydrogens is 446 g/mol. The topological polar surface area (TPSA) is 76.1 Å². The molecule has 0 bridgehead atoms. The number of nitrogens with zero attached hydrogens (tertiary/aromatic N) is 1. The maximum atomic E-state index is 13.3. The van der Waals surface area contributed by atoms with Crippen molar-refractivity contribution in [1.29, 1.82) is 0 Å². The number of nitrogens with one attached hydrogen (secondary N) is 2. The summed E-state index contributed by atoms with van der Waals surface area (Å²) in [4.78, 5) is 30.0. The monoisotopic (exact) mass is 473 g/mol. The molecule has 0 radical (unpaired) electrons. The van der Waals surface area contributed by atoms with Crippen LogP contribution in [0.15, 0.2) is 64.2 Å². The Bertz CT molecular complexity index is 1470. The van der Waals surface area contributed by atoms with E-state index in [0.29, 0.717) is 28.6 Å². The van der Waals surface area contributed by atoms with Crippen molar-refractivity contribution in [2.24, 2.45) is 5.92 Å². The van der Waals surface area contributed by atoms with Crippen LogP contribution in [0.25, 0.3) is 20.7 Å². The number of hydrogen-bond acceptors (Lipinski definition) is 5. The van der Waals surface area contributed by atoms with Gasteiger partial charge in [-0.2, -0.15) is 0 Å². The summed E-state index contributed by atoms with van der Waals surface area (Å²) in [5.74, 6) is 1.92. The minimum absolute atomic E-state index is 0.203. The van der Waals surface area contributed by atoms with E-state index < -0.39 is 0 Å². The molecule has 2 N–H and O–H groups in total. The summed E-state index contributed by atoms with van der Waals surface area (Å²) in [7, 11) is 1.73. The number of thiophene rings is 1. The molecule has 2 aromatic heterocycles. The number of methoxy groups -OCH3 is 1. The Balaban J connectivity index is 1.29. The van der Waals surface area contributed by atoms with Crippen molar-refractivity contribution in [2.45, 2.75) is 37.8 Å². The molecule has 2 aromatic carbocycles. The van der Waals surface area contributed by atoms with Gasteiger partial charge in [-0.15, -0.1) is 11.3 Å². The molecule has 174 valence electrons. The van der Waals surface area contributed by atoms with Gasteiger partial charge in [0.2, 0.25) is 0 Å². The highest BCUT2D eigenvalue weighted by atomic mass is 32.1. The molecular formula is C27H27N3O3S. The Hall–Kier alpha value is -3.16. The largest absolute Gasteiger partial charge is 0.496 e. The highest BCUT2D eigenvalue weighted by molar-refractivity contribution is 7.22. The molecule has 3 unspecified atom stereocenters. The van der Waals surface area contributed by atoms with Crippen LogP contribution < -0.4 is 21.3 Å². The minimum Gasteiger partial charge on any atom is -0.496 e. The van der Waals surface area contributed by atoms with Crippen LogP contribution in [0.3, 0.4) is 0 Å². The van der Waals surface area contributed by atoms with Gasteiger partial charge in [0, 0.05) is 23.4 Å². The molecule has 3 atom stereocenters. The van der Waals surface area contributed by atoms with E-state index in [9.17, 15) is 9.59 Å². The maximum absolute atomic E-state index is 13.3. The van der Waals surface area contributed by atoms with Crippen molar-refractivity contribution in [3.63, 3.8) is 0 Å². The average Bonchev–Trinajstić information content (AvgIpc) is 3.48. The van der Waals surface area contributed by atoms with Crippen LogP contribution in [-0.4, -0.2) is 29.2 Å². The summed E-state index contributed by atoms with van der Waals surface area (Å²) in [6.45, 7) is 1.37. The SMILES string of the molecule is COc1cccc2c1CCC1CNC(CCn3c(=O)[nH]c4cc(-c5ccccc5)sc4c3=O)C21. The van der Waals surface area contributed by atoms with Crippen molar-refractivity contribution in [2.75, 3.05) is 13.7 Å². The van der Waals surface area contributed by atoms with Crippen LogP contribution in [-0.2, 0) is 13.0 Å². The molecule has 1 aliphatic heterocycles. The molecule has 4 aromatic rings. The summed E-state index contributed by atoms with van der Waals surface area (Å²) in [5.41, 5.74) is 3.78. The number of fused-ring (bicyclic) bond motifs is 4. The van der Waals surface area contributed by atoms with Gasteiger partial charge < -0.3 is 15.0 Å². The Morgan fingerprint density at radius 3 is 2.79 bits per heavy atom. The third-order valence-corrected chi connectivity index (χ3v) is 8.65. The molecule has 0 spiro atoms. The van der Waals surface area contributed by atoms with E-state index in [-0.39, 0.29) is 17.3 Å². The fraction of sp³-hybridized carbons (Fsp3) is 0.333. The van der Waals surface area contributed by atoms with Crippen molar-refractivity contribution < 1.29 is 4.74 Å². The first-order chi connectivity index (χ1) is 16.6. The van der Waals surface area contributed by atoms with Gasteiger partial charge in [-0.1, -0.05) is 42.5 Å². The molecule has 6 rings (SSSR count). The molecule has 1 aliphatic carbocycles. The number of aromatic amines is 1. The molecule has 34 heavy (non-hydrogen) atoms. The summed E-state index contributed by atoms with van der Waals surface area (Å²) in [6.07, 6.45) is 2.89.